The van der Waals surface area contributed by atoms with E-state index in [-0.39, 0.29) is 0 Å². The molecule has 0 aliphatic carbocycles. The van der Waals surface area contributed by atoms with E-state index in [1.165, 1.54) is 0 Å². The summed E-state index contributed by atoms with van der Waals surface area (Å²) in [6.07, 6.45) is 1.73. The molecule has 0 aliphatic heterocycles. The highest BCUT2D eigenvalue weighted by Gasteiger charge is 2.03. The number of hydrogen-bond acceptors (Lipinski definition) is 2. The number of nitrogens with one attached hydrogen (secondary N) is 2. The maximum atomic E-state index is 5.25. The summed E-state index contributed by atoms with van der Waals surface area (Å²) >= 11 is 8.67. The first kappa shape index (κ1) is 15.7. The van der Waals surface area contributed by atoms with Crippen molar-refractivity contribution in [3.63, 3.8) is 0 Å². The van der Waals surface area contributed by atoms with Gasteiger partial charge in [0.2, 0.25) is 0 Å². The van der Waals surface area contributed by atoms with Crippen molar-refractivity contribution in [3.8, 4) is 0 Å². The Labute approximate surface area is 138 Å². The molecule has 0 amide bonds. The molecular weight excluding hydrogens is 346 g/mol. The molecule has 0 saturated heterocycles. The second-order valence-electron chi connectivity index (χ2n) is 4.65. The number of hydrazone groups is 1. The van der Waals surface area contributed by atoms with E-state index in [0.29, 0.717) is 5.11 Å². The van der Waals surface area contributed by atoms with Gasteiger partial charge in [-0.1, -0.05) is 46.3 Å². The molecule has 2 aromatic rings. The summed E-state index contributed by atoms with van der Waals surface area (Å²) in [5.74, 6) is 0. The minimum Gasteiger partial charge on any atom is -0.331 e. The van der Waals surface area contributed by atoms with E-state index < -0.39 is 0 Å². The minimum absolute atomic E-state index is 0.471. The number of nitrogens with zero attached hydrogens (tertiary/aromatic N) is 1. The van der Waals surface area contributed by atoms with Gasteiger partial charge in [-0.15, -0.1) is 0 Å². The van der Waals surface area contributed by atoms with E-state index in [2.05, 4.69) is 31.8 Å². The smallest absolute Gasteiger partial charge is 0.191 e. The fourth-order valence-corrected chi connectivity index (χ4v) is 2.48. The van der Waals surface area contributed by atoms with E-state index in [1.54, 1.807) is 6.21 Å². The molecule has 0 atom stereocenters. The number of para-hydroxylation sites is 1. The topological polar surface area (TPSA) is 36.4 Å². The van der Waals surface area contributed by atoms with Gasteiger partial charge >= 0.3 is 0 Å². The SMILES string of the molecule is Cc1cccc(C)c1NC(=S)N/N=C/c1cccc(Br)c1. The summed E-state index contributed by atoms with van der Waals surface area (Å²) in [4.78, 5) is 0. The van der Waals surface area contributed by atoms with Crippen LogP contribution in [0.1, 0.15) is 16.7 Å². The van der Waals surface area contributed by atoms with Crippen LogP contribution in [0.2, 0.25) is 0 Å². The Morgan fingerprint density at radius 3 is 2.48 bits per heavy atom. The zero-order valence-corrected chi connectivity index (χ0v) is 14.3. The van der Waals surface area contributed by atoms with Crippen LogP contribution in [-0.4, -0.2) is 11.3 Å². The van der Waals surface area contributed by atoms with Gasteiger partial charge in [0.25, 0.3) is 0 Å². The van der Waals surface area contributed by atoms with Crippen molar-refractivity contribution in [1.82, 2.24) is 5.43 Å². The molecule has 0 unspecified atom stereocenters. The molecule has 2 aromatic carbocycles. The van der Waals surface area contributed by atoms with Crippen LogP contribution >= 0.6 is 28.1 Å². The first-order valence-electron chi connectivity index (χ1n) is 6.48. The van der Waals surface area contributed by atoms with Crippen molar-refractivity contribution in [3.05, 3.63) is 63.6 Å². The lowest BCUT2D eigenvalue weighted by Crippen LogP contribution is -2.24. The van der Waals surface area contributed by atoms with Crippen LogP contribution in [0.5, 0.6) is 0 Å². The quantitative estimate of drug-likeness (QED) is 0.483. The predicted molar refractivity (Wildman–Crippen MR) is 97.0 cm³/mol. The van der Waals surface area contributed by atoms with Gasteiger partial charge < -0.3 is 5.32 Å². The standard InChI is InChI=1S/C16H16BrN3S/c1-11-5-3-6-12(2)15(11)19-16(21)20-18-10-13-7-4-8-14(17)9-13/h3-10H,1-2H3,(H2,19,20,21)/b18-10+. The van der Waals surface area contributed by atoms with Crippen LogP contribution in [0, 0.1) is 13.8 Å². The summed E-state index contributed by atoms with van der Waals surface area (Å²) < 4.78 is 1.02. The number of anilines is 1. The normalized spacial score (nSPS) is 10.6. The Kier molecular flexibility index (Phi) is 5.47. The van der Waals surface area contributed by atoms with Gasteiger partial charge in [-0.3, -0.25) is 5.43 Å². The molecule has 2 N–H and O–H groups in total. The molecule has 5 heteroatoms. The lowest BCUT2D eigenvalue weighted by molar-refractivity contribution is 1.05. The summed E-state index contributed by atoms with van der Waals surface area (Å²) in [6, 6.07) is 14.0. The van der Waals surface area contributed by atoms with E-state index >= 15 is 0 Å². The number of halogens is 1. The highest BCUT2D eigenvalue weighted by Crippen LogP contribution is 2.19. The average Bonchev–Trinajstić information content (AvgIpc) is 2.43. The van der Waals surface area contributed by atoms with Crippen molar-refractivity contribution in [2.24, 2.45) is 5.10 Å². The van der Waals surface area contributed by atoms with Gasteiger partial charge in [0.15, 0.2) is 5.11 Å². The molecule has 21 heavy (non-hydrogen) atoms. The zero-order valence-electron chi connectivity index (χ0n) is 11.9. The Morgan fingerprint density at radius 1 is 1.14 bits per heavy atom. The van der Waals surface area contributed by atoms with Gasteiger partial charge in [-0.2, -0.15) is 5.10 Å². The lowest BCUT2D eigenvalue weighted by atomic mass is 10.1. The fraction of sp³-hybridized carbons (Fsp3) is 0.125. The Morgan fingerprint density at radius 2 is 1.81 bits per heavy atom. The van der Waals surface area contributed by atoms with Crippen molar-refractivity contribution < 1.29 is 0 Å². The van der Waals surface area contributed by atoms with Crippen molar-refractivity contribution in [2.75, 3.05) is 5.32 Å². The highest BCUT2D eigenvalue weighted by molar-refractivity contribution is 9.10. The minimum atomic E-state index is 0.471. The van der Waals surface area contributed by atoms with Gasteiger partial charge in [0, 0.05) is 10.2 Å². The molecule has 0 saturated carbocycles. The number of aryl methyl sites for hydroxylation is 2. The fourth-order valence-electron chi connectivity index (χ4n) is 1.91. The van der Waals surface area contributed by atoms with E-state index in [1.807, 2.05) is 56.3 Å². The predicted octanol–water partition coefficient (Wildman–Crippen LogP) is 4.39. The summed E-state index contributed by atoms with van der Waals surface area (Å²) in [6.45, 7) is 4.09. The van der Waals surface area contributed by atoms with E-state index in [9.17, 15) is 0 Å². The van der Waals surface area contributed by atoms with Crippen molar-refractivity contribution in [2.45, 2.75) is 13.8 Å². The van der Waals surface area contributed by atoms with Crippen molar-refractivity contribution >= 4 is 45.2 Å². The molecule has 0 aliphatic rings. The van der Waals surface area contributed by atoms with Crippen LogP contribution in [0.25, 0.3) is 0 Å². The van der Waals surface area contributed by atoms with Crippen LogP contribution in [0.4, 0.5) is 5.69 Å². The molecular formula is C16H16BrN3S. The molecule has 0 bridgehead atoms. The molecule has 0 fully saturated rings. The highest BCUT2D eigenvalue weighted by atomic mass is 79.9. The average molecular weight is 362 g/mol. The first-order chi connectivity index (χ1) is 10.1. The maximum Gasteiger partial charge on any atom is 0.191 e. The second kappa shape index (κ2) is 7.33. The molecule has 0 spiro atoms. The third-order valence-electron chi connectivity index (χ3n) is 2.95. The van der Waals surface area contributed by atoms with E-state index in [0.717, 1.165) is 26.9 Å². The Hall–Kier alpha value is -1.72. The third-order valence-corrected chi connectivity index (χ3v) is 3.63. The Balaban J connectivity index is 1.96. The second-order valence-corrected chi connectivity index (χ2v) is 5.97. The monoisotopic (exact) mass is 361 g/mol. The number of thiocarbonyl (C=S) groups is 1. The molecule has 0 aromatic heterocycles. The van der Waals surface area contributed by atoms with E-state index in [4.69, 9.17) is 12.2 Å². The van der Waals surface area contributed by atoms with Gasteiger partial charge in [-0.05, 0) is 54.9 Å². The summed E-state index contributed by atoms with van der Waals surface area (Å²) in [7, 11) is 0. The third kappa shape index (κ3) is 4.65. The molecule has 0 heterocycles. The zero-order chi connectivity index (χ0) is 15.2. The maximum absolute atomic E-state index is 5.25. The summed E-state index contributed by atoms with van der Waals surface area (Å²) in [5, 5.41) is 7.78. The van der Waals surface area contributed by atoms with Crippen LogP contribution in [0.15, 0.2) is 52.0 Å². The number of benzene rings is 2. The molecule has 2 rings (SSSR count). The largest absolute Gasteiger partial charge is 0.331 e. The first-order valence-corrected chi connectivity index (χ1v) is 7.68. The van der Waals surface area contributed by atoms with Gasteiger partial charge in [-0.25, -0.2) is 0 Å². The molecule has 3 nitrogen and oxygen atoms in total. The Bertz CT molecular complexity index is 663. The molecule has 108 valence electrons. The lowest BCUT2D eigenvalue weighted by Gasteiger charge is -2.12. The van der Waals surface area contributed by atoms with Gasteiger partial charge in [0.05, 0.1) is 6.21 Å². The molecule has 0 radical (unpaired) electrons. The number of hydrogen-bond donors (Lipinski definition) is 2. The van der Waals surface area contributed by atoms with Crippen LogP contribution in [0.3, 0.4) is 0 Å². The number of rotatable bonds is 3. The van der Waals surface area contributed by atoms with Crippen LogP contribution < -0.4 is 10.7 Å². The van der Waals surface area contributed by atoms with Crippen molar-refractivity contribution in [1.29, 1.82) is 0 Å². The summed E-state index contributed by atoms with van der Waals surface area (Å²) in [5.41, 5.74) is 7.14. The van der Waals surface area contributed by atoms with Gasteiger partial charge in [0.1, 0.15) is 0 Å². The van der Waals surface area contributed by atoms with Crippen LogP contribution in [-0.2, 0) is 0 Å².